The van der Waals surface area contributed by atoms with Crippen molar-refractivity contribution < 1.29 is 8.42 Å². The molecule has 1 aromatic heterocycles. The highest BCUT2D eigenvalue weighted by Crippen LogP contribution is 2.24. The van der Waals surface area contributed by atoms with Gasteiger partial charge in [-0.1, -0.05) is 17.7 Å². The standard InChI is InChI=1S/C15H16N2O2S/c1-12-3-5-14(6-4-12)20(18,19)17-10-8-13-7-9-16(2)11-15(13)17/h3-10H,11H2,1-2H3. The van der Waals surface area contributed by atoms with Gasteiger partial charge in [0, 0.05) is 13.2 Å². The molecule has 104 valence electrons. The molecule has 0 atom stereocenters. The second-order valence-electron chi connectivity index (χ2n) is 5.06. The monoisotopic (exact) mass is 288 g/mol. The van der Waals surface area contributed by atoms with Crippen LogP contribution in [0.3, 0.4) is 0 Å². The van der Waals surface area contributed by atoms with Gasteiger partial charge in [-0.3, -0.25) is 0 Å². The molecule has 2 heterocycles. The van der Waals surface area contributed by atoms with E-state index >= 15 is 0 Å². The first kappa shape index (κ1) is 13.0. The average Bonchev–Trinajstić information content (AvgIpc) is 2.82. The zero-order valence-electron chi connectivity index (χ0n) is 11.4. The van der Waals surface area contributed by atoms with E-state index in [0.29, 0.717) is 11.4 Å². The first-order valence-corrected chi connectivity index (χ1v) is 7.83. The van der Waals surface area contributed by atoms with Gasteiger partial charge in [0.1, 0.15) is 0 Å². The Labute approximate surface area is 119 Å². The third-order valence-electron chi connectivity index (χ3n) is 3.47. The van der Waals surface area contributed by atoms with Crippen LogP contribution in [-0.2, 0) is 16.6 Å². The van der Waals surface area contributed by atoms with E-state index in [2.05, 4.69) is 0 Å². The van der Waals surface area contributed by atoms with Gasteiger partial charge in [-0.2, -0.15) is 0 Å². The Balaban J connectivity index is 2.11. The predicted octanol–water partition coefficient (Wildman–Crippen LogP) is 2.45. The Morgan fingerprint density at radius 1 is 1.10 bits per heavy atom. The van der Waals surface area contributed by atoms with E-state index in [1.165, 1.54) is 3.97 Å². The van der Waals surface area contributed by atoms with Crippen LogP contribution >= 0.6 is 0 Å². The highest BCUT2D eigenvalue weighted by atomic mass is 32.2. The lowest BCUT2D eigenvalue weighted by molar-refractivity contribution is 0.438. The van der Waals surface area contributed by atoms with Crippen LogP contribution in [0.4, 0.5) is 0 Å². The molecule has 1 aliphatic rings. The Kier molecular flexibility index (Phi) is 2.94. The summed E-state index contributed by atoms with van der Waals surface area (Å²) in [5.41, 5.74) is 2.80. The third kappa shape index (κ3) is 2.04. The second kappa shape index (κ2) is 4.52. The highest BCUT2D eigenvalue weighted by molar-refractivity contribution is 7.90. The van der Waals surface area contributed by atoms with Crippen molar-refractivity contribution in [2.75, 3.05) is 7.05 Å². The topological polar surface area (TPSA) is 42.3 Å². The lowest BCUT2D eigenvalue weighted by Crippen LogP contribution is -2.21. The van der Waals surface area contributed by atoms with E-state index in [9.17, 15) is 8.42 Å². The summed E-state index contributed by atoms with van der Waals surface area (Å²) in [6, 6.07) is 8.77. The fourth-order valence-electron chi connectivity index (χ4n) is 2.32. The van der Waals surface area contributed by atoms with Crippen LogP contribution in [-0.4, -0.2) is 24.3 Å². The molecule has 0 N–H and O–H groups in total. The average molecular weight is 288 g/mol. The zero-order valence-corrected chi connectivity index (χ0v) is 12.3. The van der Waals surface area contributed by atoms with Gasteiger partial charge in [-0.15, -0.1) is 0 Å². The van der Waals surface area contributed by atoms with Crippen LogP contribution in [0.1, 0.15) is 16.8 Å². The van der Waals surface area contributed by atoms with Crippen molar-refractivity contribution in [3.05, 3.63) is 59.5 Å². The van der Waals surface area contributed by atoms with Gasteiger partial charge >= 0.3 is 0 Å². The van der Waals surface area contributed by atoms with Crippen LogP contribution in [0, 0.1) is 6.92 Å². The number of fused-ring (bicyclic) bond motifs is 1. The first-order valence-electron chi connectivity index (χ1n) is 6.39. The Morgan fingerprint density at radius 3 is 2.50 bits per heavy atom. The van der Waals surface area contributed by atoms with E-state index in [1.807, 2.05) is 49.3 Å². The molecule has 20 heavy (non-hydrogen) atoms. The summed E-state index contributed by atoms with van der Waals surface area (Å²) < 4.78 is 26.8. The molecule has 0 radical (unpaired) electrons. The Bertz CT molecular complexity index is 771. The molecular weight excluding hydrogens is 272 g/mol. The highest BCUT2D eigenvalue weighted by Gasteiger charge is 2.22. The molecule has 0 aliphatic carbocycles. The summed E-state index contributed by atoms with van der Waals surface area (Å²) in [6.07, 6.45) is 5.51. The molecular formula is C15H16N2O2S. The molecule has 0 amide bonds. The number of aryl methyl sites for hydroxylation is 1. The minimum Gasteiger partial charge on any atom is -0.375 e. The van der Waals surface area contributed by atoms with Crippen LogP contribution < -0.4 is 0 Å². The zero-order chi connectivity index (χ0) is 14.3. The summed E-state index contributed by atoms with van der Waals surface area (Å²) in [4.78, 5) is 2.28. The molecule has 0 spiro atoms. The summed E-state index contributed by atoms with van der Waals surface area (Å²) in [7, 11) is -1.60. The molecule has 2 aromatic rings. The van der Waals surface area contributed by atoms with Crippen LogP contribution in [0.5, 0.6) is 0 Å². The van der Waals surface area contributed by atoms with Gasteiger partial charge in [0.05, 0.1) is 17.1 Å². The van der Waals surface area contributed by atoms with Crippen LogP contribution in [0.2, 0.25) is 0 Å². The molecule has 1 aromatic carbocycles. The number of aromatic nitrogens is 1. The van der Waals surface area contributed by atoms with Gasteiger partial charge in [-0.05, 0) is 43.0 Å². The molecule has 0 saturated carbocycles. The summed E-state index contributed by atoms with van der Waals surface area (Å²) in [5, 5.41) is 0. The van der Waals surface area contributed by atoms with Crippen molar-refractivity contribution in [2.24, 2.45) is 0 Å². The van der Waals surface area contributed by atoms with Gasteiger partial charge in [0.15, 0.2) is 0 Å². The lowest BCUT2D eigenvalue weighted by Gasteiger charge is -2.20. The van der Waals surface area contributed by atoms with Crippen molar-refractivity contribution in [2.45, 2.75) is 18.4 Å². The maximum absolute atomic E-state index is 12.7. The quantitative estimate of drug-likeness (QED) is 0.852. The Morgan fingerprint density at radius 2 is 1.80 bits per heavy atom. The first-order chi connectivity index (χ1) is 9.48. The van der Waals surface area contributed by atoms with Crippen molar-refractivity contribution in [3.63, 3.8) is 0 Å². The molecule has 4 nitrogen and oxygen atoms in total. The number of nitrogens with zero attached hydrogens (tertiary/aromatic N) is 2. The maximum Gasteiger partial charge on any atom is 0.267 e. The summed E-state index contributed by atoms with van der Waals surface area (Å²) in [6.45, 7) is 2.53. The van der Waals surface area contributed by atoms with Gasteiger partial charge in [-0.25, -0.2) is 12.4 Å². The normalized spacial score (nSPS) is 14.4. The minimum atomic E-state index is -3.52. The van der Waals surface area contributed by atoms with E-state index in [4.69, 9.17) is 0 Å². The molecule has 3 rings (SSSR count). The van der Waals surface area contributed by atoms with Crippen molar-refractivity contribution >= 4 is 16.1 Å². The fourth-order valence-corrected chi connectivity index (χ4v) is 3.70. The van der Waals surface area contributed by atoms with Gasteiger partial charge < -0.3 is 4.90 Å². The molecule has 0 saturated heterocycles. The third-order valence-corrected chi connectivity index (χ3v) is 5.20. The number of rotatable bonds is 2. The molecule has 0 unspecified atom stereocenters. The molecule has 1 aliphatic heterocycles. The SMILES string of the molecule is Cc1ccc(S(=O)(=O)n2ccc3c2CN(C)C=C3)cc1. The minimum absolute atomic E-state index is 0.318. The van der Waals surface area contributed by atoms with Crippen molar-refractivity contribution in [1.82, 2.24) is 8.87 Å². The van der Waals surface area contributed by atoms with E-state index in [-0.39, 0.29) is 0 Å². The predicted molar refractivity (Wildman–Crippen MR) is 78.7 cm³/mol. The molecule has 0 fully saturated rings. The number of hydrogen-bond acceptors (Lipinski definition) is 3. The molecule has 0 bridgehead atoms. The van der Waals surface area contributed by atoms with E-state index in [0.717, 1.165) is 16.8 Å². The fraction of sp³-hybridized carbons (Fsp3) is 0.200. The van der Waals surface area contributed by atoms with E-state index in [1.54, 1.807) is 18.3 Å². The Hall–Kier alpha value is -2.01. The van der Waals surface area contributed by atoms with Crippen molar-refractivity contribution in [1.29, 1.82) is 0 Å². The van der Waals surface area contributed by atoms with Crippen LogP contribution in [0.15, 0.2) is 47.6 Å². The largest absolute Gasteiger partial charge is 0.375 e. The van der Waals surface area contributed by atoms with Crippen molar-refractivity contribution in [3.8, 4) is 0 Å². The van der Waals surface area contributed by atoms with Crippen LogP contribution in [0.25, 0.3) is 6.08 Å². The number of hydrogen-bond donors (Lipinski definition) is 0. The second-order valence-corrected chi connectivity index (χ2v) is 6.88. The maximum atomic E-state index is 12.7. The summed E-state index contributed by atoms with van der Waals surface area (Å²) >= 11 is 0. The molecule has 5 heteroatoms. The number of benzene rings is 1. The lowest BCUT2D eigenvalue weighted by atomic mass is 10.2. The van der Waals surface area contributed by atoms with Gasteiger partial charge in [0.25, 0.3) is 10.0 Å². The smallest absolute Gasteiger partial charge is 0.267 e. The van der Waals surface area contributed by atoms with Gasteiger partial charge in [0.2, 0.25) is 0 Å². The van der Waals surface area contributed by atoms with E-state index < -0.39 is 10.0 Å². The summed E-state index contributed by atoms with van der Waals surface area (Å²) in [5.74, 6) is 0.